The highest BCUT2D eigenvalue weighted by Crippen LogP contribution is 2.29. The number of rotatable bonds is 2. The van der Waals surface area contributed by atoms with Crippen molar-refractivity contribution >= 4 is 5.82 Å². The molecule has 0 radical (unpaired) electrons. The molecular formula is C13H19N3O. The van der Waals surface area contributed by atoms with E-state index in [-0.39, 0.29) is 0 Å². The summed E-state index contributed by atoms with van der Waals surface area (Å²) in [6.45, 7) is 1.63. The second kappa shape index (κ2) is 4.61. The molecule has 4 heteroatoms. The van der Waals surface area contributed by atoms with Crippen molar-refractivity contribution in [3.63, 3.8) is 0 Å². The highest BCUT2D eigenvalue weighted by atomic mass is 16.5. The fourth-order valence-corrected chi connectivity index (χ4v) is 2.74. The van der Waals surface area contributed by atoms with Crippen molar-refractivity contribution < 1.29 is 4.74 Å². The van der Waals surface area contributed by atoms with Crippen LogP contribution in [0.1, 0.15) is 42.3 Å². The lowest BCUT2D eigenvalue weighted by molar-refractivity contribution is 0.193. The Balaban J connectivity index is 1.99. The fourth-order valence-electron chi connectivity index (χ4n) is 2.74. The maximum Gasteiger partial charge on any atom is 0.136 e. The molecule has 1 aliphatic heterocycles. The zero-order valence-corrected chi connectivity index (χ0v) is 10.3. The van der Waals surface area contributed by atoms with Gasteiger partial charge >= 0.3 is 0 Å². The number of ether oxygens (including phenoxy) is 1. The monoisotopic (exact) mass is 233 g/mol. The summed E-state index contributed by atoms with van der Waals surface area (Å²) >= 11 is 0. The minimum atomic E-state index is 0.398. The Hall–Kier alpha value is -1.16. The first-order chi connectivity index (χ1) is 8.38. The first-order valence-electron chi connectivity index (χ1n) is 6.53. The van der Waals surface area contributed by atoms with Crippen LogP contribution in [0.2, 0.25) is 0 Å². The van der Waals surface area contributed by atoms with Gasteiger partial charge in [-0.3, -0.25) is 0 Å². The van der Waals surface area contributed by atoms with E-state index in [2.05, 4.69) is 10.3 Å². The molecule has 0 spiro atoms. The lowest BCUT2D eigenvalue weighted by atomic mass is 9.95. The molecule has 1 saturated heterocycles. The molecule has 4 nitrogen and oxygen atoms in total. The van der Waals surface area contributed by atoms with Gasteiger partial charge in [0.05, 0.1) is 6.61 Å². The van der Waals surface area contributed by atoms with E-state index in [0.29, 0.717) is 5.92 Å². The zero-order chi connectivity index (χ0) is 11.7. The fraction of sp³-hybridized carbons (Fsp3) is 0.692. The molecule has 17 heavy (non-hydrogen) atoms. The maximum atomic E-state index is 5.43. The first kappa shape index (κ1) is 11.0. The minimum absolute atomic E-state index is 0.398. The third-order valence-corrected chi connectivity index (χ3v) is 3.73. The summed E-state index contributed by atoms with van der Waals surface area (Å²) < 4.78 is 5.43. The van der Waals surface area contributed by atoms with Crippen LogP contribution in [0.5, 0.6) is 0 Å². The molecule has 1 aliphatic carbocycles. The predicted octanol–water partition coefficient (Wildman–Crippen LogP) is 1.90. The van der Waals surface area contributed by atoms with Gasteiger partial charge in [-0.25, -0.2) is 9.97 Å². The van der Waals surface area contributed by atoms with Crippen LogP contribution in [0, 0.1) is 0 Å². The van der Waals surface area contributed by atoms with E-state index >= 15 is 0 Å². The van der Waals surface area contributed by atoms with Crippen LogP contribution >= 0.6 is 0 Å². The van der Waals surface area contributed by atoms with Gasteiger partial charge in [0.1, 0.15) is 11.6 Å². The van der Waals surface area contributed by atoms with E-state index in [0.717, 1.165) is 44.1 Å². The van der Waals surface area contributed by atoms with Crippen molar-refractivity contribution in [3.8, 4) is 0 Å². The van der Waals surface area contributed by atoms with Crippen LogP contribution in [0.3, 0.4) is 0 Å². The molecule has 0 amide bonds. The lowest BCUT2D eigenvalue weighted by Gasteiger charge is -2.20. The normalized spacial score (nSPS) is 23.5. The summed E-state index contributed by atoms with van der Waals surface area (Å²) in [5, 5.41) is 3.23. The van der Waals surface area contributed by atoms with E-state index < -0.39 is 0 Å². The summed E-state index contributed by atoms with van der Waals surface area (Å²) in [4.78, 5) is 9.46. The molecule has 2 aliphatic rings. The number of nitrogens with one attached hydrogen (secondary N) is 1. The van der Waals surface area contributed by atoms with Gasteiger partial charge in [0.15, 0.2) is 0 Å². The number of fused-ring (bicyclic) bond motifs is 1. The van der Waals surface area contributed by atoms with Crippen LogP contribution in [-0.2, 0) is 17.6 Å². The Labute approximate surface area is 102 Å². The Morgan fingerprint density at radius 3 is 2.88 bits per heavy atom. The Kier molecular flexibility index (Phi) is 2.97. The molecule has 92 valence electrons. The van der Waals surface area contributed by atoms with Crippen molar-refractivity contribution in [1.82, 2.24) is 9.97 Å². The minimum Gasteiger partial charge on any atom is -0.381 e. The van der Waals surface area contributed by atoms with Crippen molar-refractivity contribution in [2.24, 2.45) is 0 Å². The summed E-state index contributed by atoms with van der Waals surface area (Å²) in [5.74, 6) is 2.42. The molecule has 1 fully saturated rings. The molecule has 1 unspecified atom stereocenters. The van der Waals surface area contributed by atoms with E-state index in [9.17, 15) is 0 Å². The van der Waals surface area contributed by atoms with Crippen LogP contribution < -0.4 is 5.32 Å². The van der Waals surface area contributed by atoms with Crippen molar-refractivity contribution in [3.05, 3.63) is 17.1 Å². The molecule has 1 aromatic rings. The quantitative estimate of drug-likeness (QED) is 0.847. The summed E-state index contributed by atoms with van der Waals surface area (Å²) in [5.41, 5.74) is 2.60. The predicted molar refractivity (Wildman–Crippen MR) is 66.4 cm³/mol. The molecule has 1 N–H and O–H groups in total. The summed E-state index contributed by atoms with van der Waals surface area (Å²) in [6, 6.07) is 0. The van der Waals surface area contributed by atoms with E-state index in [4.69, 9.17) is 9.72 Å². The number of anilines is 1. The lowest BCUT2D eigenvalue weighted by Crippen LogP contribution is -2.15. The number of aromatic nitrogens is 2. The largest absolute Gasteiger partial charge is 0.381 e. The van der Waals surface area contributed by atoms with Gasteiger partial charge in [-0.2, -0.15) is 0 Å². The molecule has 0 aromatic carbocycles. The third-order valence-electron chi connectivity index (χ3n) is 3.73. The molecule has 0 saturated carbocycles. The van der Waals surface area contributed by atoms with E-state index in [1.165, 1.54) is 24.1 Å². The van der Waals surface area contributed by atoms with Gasteiger partial charge in [0.2, 0.25) is 0 Å². The van der Waals surface area contributed by atoms with Gasteiger partial charge < -0.3 is 10.1 Å². The van der Waals surface area contributed by atoms with Crippen molar-refractivity contribution in [2.75, 3.05) is 25.6 Å². The number of aryl methyl sites for hydroxylation is 1. The molecule has 1 atom stereocenters. The zero-order valence-electron chi connectivity index (χ0n) is 10.3. The molecule has 1 aromatic heterocycles. The first-order valence-corrected chi connectivity index (χ1v) is 6.53. The Morgan fingerprint density at radius 2 is 2.12 bits per heavy atom. The highest BCUT2D eigenvalue weighted by Gasteiger charge is 2.24. The van der Waals surface area contributed by atoms with E-state index in [1.807, 2.05) is 7.05 Å². The van der Waals surface area contributed by atoms with Crippen LogP contribution in [0.25, 0.3) is 0 Å². The second-order valence-corrected chi connectivity index (χ2v) is 4.87. The third kappa shape index (κ3) is 2.02. The molecule has 3 rings (SSSR count). The Morgan fingerprint density at radius 1 is 1.24 bits per heavy atom. The smallest absolute Gasteiger partial charge is 0.136 e. The van der Waals surface area contributed by atoms with Gasteiger partial charge in [0.25, 0.3) is 0 Å². The average molecular weight is 233 g/mol. The van der Waals surface area contributed by atoms with Gasteiger partial charge in [-0.05, 0) is 32.1 Å². The van der Waals surface area contributed by atoms with Gasteiger partial charge in [-0.15, -0.1) is 0 Å². The SMILES string of the molecule is CNc1nc(C2CCOC2)nc2c1CCCC2. The number of hydrogen-bond donors (Lipinski definition) is 1. The molecular weight excluding hydrogens is 214 g/mol. The van der Waals surface area contributed by atoms with Gasteiger partial charge in [0, 0.05) is 30.8 Å². The second-order valence-electron chi connectivity index (χ2n) is 4.87. The molecule has 0 bridgehead atoms. The Bertz CT molecular complexity index is 396. The van der Waals surface area contributed by atoms with Crippen molar-refractivity contribution in [1.29, 1.82) is 0 Å². The summed E-state index contributed by atoms with van der Waals surface area (Å²) in [7, 11) is 1.95. The van der Waals surface area contributed by atoms with Crippen molar-refractivity contribution in [2.45, 2.75) is 38.0 Å². The maximum absolute atomic E-state index is 5.43. The topological polar surface area (TPSA) is 47.0 Å². The molecule has 2 heterocycles. The standard InChI is InChI=1S/C13H19N3O/c1-14-13-10-4-2-3-5-11(10)15-12(16-13)9-6-7-17-8-9/h9H,2-8H2,1H3,(H,14,15,16). The van der Waals surface area contributed by atoms with Crippen LogP contribution in [-0.4, -0.2) is 30.2 Å². The highest BCUT2D eigenvalue weighted by molar-refractivity contribution is 5.47. The average Bonchev–Trinajstić information content (AvgIpc) is 2.91. The number of hydrogen-bond acceptors (Lipinski definition) is 4. The van der Waals surface area contributed by atoms with Crippen LogP contribution in [0.15, 0.2) is 0 Å². The van der Waals surface area contributed by atoms with Crippen LogP contribution in [0.4, 0.5) is 5.82 Å². The van der Waals surface area contributed by atoms with E-state index in [1.54, 1.807) is 0 Å². The number of nitrogens with zero attached hydrogens (tertiary/aromatic N) is 2. The van der Waals surface area contributed by atoms with Gasteiger partial charge in [-0.1, -0.05) is 0 Å². The summed E-state index contributed by atoms with van der Waals surface area (Å²) in [6.07, 6.45) is 5.80.